The van der Waals surface area contributed by atoms with Gasteiger partial charge in [-0.15, -0.1) is 0 Å². The smallest absolute Gasteiger partial charge is 0.250 e. The summed E-state index contributed by atoms with van der Waals surface area (Å²) in [6.45, 7) is 2.09. The van der Waals surface area contributed by atoms with E-state index in [9.17, 15) is 13.2 Å². The molecule has 0 spiro atoms. The molecule has 27 heavy (non-hydrogen) atoms. The average molecular weight is 385 g/mol. The van der Waals surface area contributed by atoms with Crippen LogP contribution in [0.4, 0.5) is 18.9 Å². The summed E-state index contributed by atoms with van der Waals surface area (Å²) in [6.07, 6.45) is -4.29. The minimum atomic E-state index is -4.29. The highest BCUT2D eigenvalue weighted by Crippen LogP contribution is 2.49. The zero-order valence-corrected chi connectivity index (χ0v) is 15.6. The molecule has 138 valence electrons. The van der Waals surface area contributed by atoms with Gasteiger partial charge in [0.1, 0.15) is 0 Å². The van der Waals surface area contributed by atoms with Crippen LogP contribution in [0.1, 0.15) is 16.7 Å². The fourth-order valence-corrected chi connectivity index (χ4v) is 5.18. The second-order valence-electron chi connectivity index (χ2n) is 6.59. The second kappa shape index (κ2) is 6.89. The molecule has 1 aliphatic heterocycles. The van der Waals surface area contributed by atoms with Crippen LogP contribution in [-0.4, -0.2) is 5.55 Å². The van der Waals surface area contributed by atoms with Gasteiger partial charge in [-0.25, -0.2) is 0 Å². The lowest BCUT2D eigenvalue weighted by atomic mass is 10.0. The van der Waals surface area contributed by atoms with Crippen molar-refractivity contribution in [3.63, 3.8) is 0 Å². The van der Waals surface area contributed by atoms with E-state index < -0.39 is 22.6 Å². The maximum absolute atomic E-state index is 12.7. The Balaban J connectivity index is 1.56. The standard InChI is InChI=1S/C22H18F3NS/c1-15-4-2-3-5-19(15)17-8-11-21-20(12-17)26-14-27(21)13-16-6-9-18(10-7-16)22(23,24)25/h2-12,14,27H,13H2,1H3. The van der Waals surface area contributed by atoms with Crippen molar-refractivity contribution in [3.05, 3.63) is 83.4 Å². The SMILES string of the molecule is Cc1ccccc1-c1ccc2c(c1)N=C[SH]2Cc1ccc(C(F)(F)F)cc1. The maximum atomic E-state index is 12.7. The van der Waals surface area contributed by atoms with Gasteiger partial charge < -0.3 is 0 Å². The summed E-state index contributed by atoms with van der Waals surface area (Å²) in [5.74, 6) is 0.702. The number of halogens is 3. The fourth-order valence-electron chi connectivity index (χ4n) is 3.25. The molecule has 0 fully saturated rings. The first-order chi connectivity index (χ1) is 12.9. The molecule has 0 N–H and O–H groups in total. The molecule has 0 amide bonds. The molecular formula is C22H18F3NS. The highest BCUT2D eigenvalue weighted by Gasteiger charge is 2.30. The molecule has 1 atom stereocenters. The van der Waals surface area contributed by atoms with Gasteiger partial charge >= 0.3 is 6.18 Å². The van der Waals surface area contributed by atoms with Gasteiger partial charge in [-0.2, -0.15) is 24.1 Å². The van der Waals surface area contributed by atoms with Gasteiger partial charge in [0, 0.05) is 16.2 Å². The summed E-state index contributed by atoms with van der Waals surface area (Å²) in [7, 11) is -0.637. The Morgan fingerprint density at radius 3 is 2.37 bits per heavy atom. The van der Waals surface area contributed by atoms with Crippen LogP contribution in [0.2, 0.25) is 0 Å². The second-order valence-corrected chi connectivity index (χ2v) is 8.55. The van der Waals surface area contributed by atoms with E-state index in [0.717, 1.165) is 28.9 Å². The quantitative estimate of drug-likeness (QED) is 0.470. The van der Waals surface area contributed by atoms with E-state index in [2.05, 4.69) is 42.2 Å². The molecule has 3 aromatic carbocycles. The normalized spacial score (nSPS) is 17.1. The lowest BCUT2D eigenvalue weighted by molar-refractivity contribution is -0.137. The highest BCUT2D eigenvalue weighted by molar-refractivity contribution is 8.28. The number of alkyl halides is 3. The van der Waals surface area contributed by atoms with Crippen LogP contribution in [0.15, 0.2) is 76.6 Å². The summed E-state index contributed by atoms with van der Waals surface area (Å²) >= 11 is 0. The molecule has 4 rings (SSSR count). The van der Waals surface area contributed by atoms with E-state index in [1.807, 2.05) is 17.7 Å². The Morgan fingerprint density at radius 1 is 0.926 bits per heavy atom. The van der Waals surface area contributed by atoms with Gasteiger partial charge in [-0.05, 0) is 53.4 Å². The first-order valence-electron chi connectivity index (χ1n) is 8.59. The molecule has 0 saturated carbocycles. The summed E-state index contributed by atoms with van der Waals surface area (Å²) in [5, 5.41) is 0. The summed E-state index contributed by atoms with van der Waals surface area (Å²) in [6, 6.07) is 20.0. The van der Waals surface area contributed by atoms with Crippen molar-refractivity contribution < 1.29 is 13.2 Å². The number of aliphatic imine (C=N–C) groups is 1. The van der Waals surface area contributed by atoms with Crippen LogP contribution < -0.4 is 0 Å². The molecule has 0 aromatic heterocycles. The molecule has 0 radical (unpaired) electrons. The topological polar surface area (TPSA) is 12.4 Å². The first-order valence-corrected chi connectivity index (χ1v) is 10.2. The summed E-state index contributed by atoms with van der Waals surface area (Å²) in [4.78, 5) is 5.76. The maximum Gasteiger partial charge on any atom is 0.416 e. The number of thiol groups is 1. The van der Waals surface area contributed by atoms with Gasteiger partial charge in [0.25, 0.3) is 0 Å². The number of fused-ring (bicyclic) bond motifs is 1. The van der Waals surface area contributed by atoms with Crippen molar-refractivity contribution in [3.8, 4) is 11.1 Å². The van der Waals surface area contributed by atoms with E-state index in [0.29, 0.717) is 5.75 Å². The van der Waals surface area contributed by atoms with Gasteiger partial charge in [-0.1, -0.05) is 42.5 Å². The van der Waals surface area contributed by atoms with E-state index in [-0.39, 0.29) is 0 Å². The number of rotatable bonds is 3. The minimum Gasteiger partial charge on any atom is -0.250 e. The molecule has 3 aromatic rings. The minimum absolute atomic E-state index is 0.609. The Kier molecular flexibility index (Phi) is 4.56. The predicted octanol–water partition coefficient (Wildman–Crippen LogP) is 6.91. The third-order valence-electron chi connectivity index (χ3n) is 4.71. The zero-order chi connectivity index (χ0) is 19.0. The van der Waals surface area contributed by atoms with Gasteiger partial charge in [0.15, 0.2) is 0 Å². The zero-order valence-electron chi connectivity index (χ0n) is 14.7. The fraction of sp³-hybridized carbons (Fsp3) is 0.136. The molecule has 1 nitrogen and oxygen atoms in total. The number of aryl methyl sites for hydroxylation is 1. The third kappa shape index (κ3) is 3.65. The Morgan fingerprint density at radius 2 is 1.67 bits per heavy atom. The largest absolute Gasteiger partial charge is 0.416 e. The highest BCUT2D eigenvalue weighted by atomic mass is 32.2. The van der Waals surface area contributed by atoms with Gasteiger partial charge in [0.2, 0.25) is 0 Å². The predicted molar refractivity (Wildman–Crippen MR) is 107 cm³/mol. The molecule has 0 bridgehead atoms. The van der Waals surface area contributed by atoms with E-state index in [1.165, 1.54) is 16.0 Å². The van der Waals surface area contributed by atoms with Gasteiger partial charge in [0.05, 0.1) is 11.3 Å². The number of benzene rings is 3. The molecule has 0 saturated heterocycles. The van der Waals surface area contributed by atoms with E-state index in [1.54, 1.807) is 12.1 Å². The van der Waals surface area contributed by atoms with Crippen LogP contribution in [0.25, 0.3) is 11.1 Å². The molecule has 1 unspecified atom stereocenters. The van der Waals surface area contributed by atoms with Crippen molar-refractivity contribution in [1.82, 2.24) is 0 Å². The van der Waals surface area contributed by atoms with Crippen LogP contribution in [0.5, 0.6) is 0 Å². The molecule has 5 heteroatoms. The average Bonchev–Trinajstić information content (AvgIpc) is 3.04. The van der Waals surface area contributed by atoms with Crippen molar-refractivity contribution in [2.24, 2.45) is 4.99 Å². The lowest BCUT2D eigenvalue weighted by Crippen LogP contribution is -2.04. The number of hydrogen-bond acceptors (Lipinski definition) is 1. The number of hydrogen-bond donors (Lipinski definition) is 1. The van der Waals surface area contributed by atoms with Crippen LogP contribution in [0, 0.1) is 6.92 Å². The van der Waals surface area contributed by atoms with E-state index >= 15 is 0 Å². The van der Waals surface area contributed by atoms with Crippen molar-refractivity contribution >= 4 is 22.1 Å². The van der Waals surface area contributed by atoms with Crippen molar-refractivity contribution in [1.29, 1.82) is 0 Å². The van der Waals surface area contributed by atoms with Crippen LogP contribution >= 0.6 is 10.9 Å². The summed E-state index contributed by atoms with van der Waals surface area (Å²) in [5.41, 5.74) is 6.75. The Bertz CT molecular complexity index is 1010. The lowest BCUT2D eigenvalue weighted by Gasteiger charge is -2.15. The van der Waals surface area contributed by atoms with Gasteiger partial charge in [-0.3, -0.25) is 4.99 Å². The molecule has 1 heterocycles. The monoisotopic (exact) mass is 385 g/mol. The Labute approximate surface area is 158 Å². The molecule has 0 aliphatic carbocycles. The van der Waals surface area contributed by atoms with Crippen molar-refractivity contribution in [2.45, 2.75) is 23.7 Å². The summed E-state index contributed by atoms with van der Waals surface area (Å²) < 4.78 is 38.1. The third-order valence-corrected chi connectivity index (χ3v) is 6.81. The van der Waals surface area contributed by atoms with Crippen LogP contribution in [0.3, 0.4) is 0 Å². The van der Waals surface area contributed by atoms with Crippen molar-refractivity contribution in [2.75, 3.05) is 0 Å². The van der Waals surface area contributed by atoms with E-state index in [4.69, 9.17) is 0 Å². The van der Waals surface area contributed by atoms with Crippen LogP contribution in [-0.2, 0) is 11.9 Å². The number of nitrogens with zero attached hydrogens (tertiary/aromatic N) is 1. The molecule has 1 aliphatic rings. The first kappa shape index (κ1) is 17.9. The molecular weight excluding hydrogens is 367 g/mol. The Hall–Kier alpha value is -2.53.